The Hall–Kier alpha value is -2.54. The molecule has 1 aliphatic rings. The number of carbonyl (C=O) groups is 1. The van der Waals surface area contributed by atoms with Crippen LogP contribution in [0.2, 0.25) is 0 Å². The van der Waals surface area contributed by atoms with Gasteiger partial charge in [0.2, 0.25) is 6.10 Å². The Balaban J connectivity index is 2.02. The average Bonchev–Trinajstić information content (AvgIpc) is 2.61. The molecule has 132 valence electrons. The lowest BCUT2D eigenvalue weighted by atomic mass is 10.1. The van der Waals surface area contributed by atoms with Gasteiger partial charge in [0.1, 0.15) is 5.75 Å². The highest BCUT2D eigenvalue weighted by Gasteiger charge is 2.37. The Bertz CT molecular complexity index is 877. The van der Waals surface area contributed by atoms with E-state index in [9.17, 15) is 18.3 Å². The molecular formula is C18H19NO5S. The quantitative estimate of drug-likeness (QED) is 0.885. The molecule has 1 N–H and O–H groups in total. The van der Waals surface area contributed by atoms with Crippen molar-refractivity contribution in [2.24, 2.45) is 0 Å². The van der Waals surface area contributed by atoms with Crippen LogP contribution in [0.5, 0.6) is 5.75 Å². The number of hydrogen-bond donors (Lipinski definition) is 1. The molecule has 1 heterocycles. The van der Waals surface area contributed by atoms with E-state index in [0.717, 1.165) is 22.7 Å². The van der Waals surface area contributed by atoms with Gasteiger partial charge in [0.05, 0.1) is 17.1 Å². The van der Waals surface area contributed by atoms with Crippen LogP contribution in [-0.4, -0.2) is 32.1 Å². The van der Waals surface area contributed by atoms with E-state index in [1.165, 1.54) is 0 Å². The molecule has 6 nitrogen and oxygen atoms in total. The average molecular weight is 361 g/mol. The number of aliphatic carboxylic acids is 1. The molecule has 0 amide bonds. The highest BCUT2D eigenvalue weighted by atomic mass is 32.2. The molecule has 1 atom stereocenters. The number of carboxylic acids is 1. The van der Waals surface area contributed by atoms with Crippen molar-refractivity contribution in [1.29, 1.82) is 0 Å². The molecule has 0 aromatic heterocycles. The number of rotatable bonds is 5. The fraction of sp³-hybridized carbons (Fsp3) is 0.278. The van der Waals surface area contributed by atoms with Crippen LogP contribution in [0, 0.1) is 0 Å². The zero-order valence-corrected chi connectivity index (χ0v) is 14.6. The molecule has 25 heavy (non-hydrogen) atoms. The number of hydrogen-bond acceptors (Lipinski definition) is 4. The Morgan fingerprint density at radius 3 is 2.52 bits per heavy atom. The predicted octanol–water partition coefficient (Wildman–Crippen LogP) is 2.68. The molecule has 1 aliphatic heterocycles. The second-order valence-corrected chi connectivity index (χ2v) is 7.70. The van der Waals surface area contributed by atoms with Crippen LogP contribution in [-0.2, 0) is 21.2 Å². The van der Waals surface area contributed by atoms with Crippen molar-refractivity contribution in [2.45, 2.75) is 30.8 Å². The van der Waals surface area contributed by atoms with Crippen molar-refractivity contribution in [1.82, 2.24) is 0 Å². The van der Waals surface area contributed by atoms with Crippen LogP contribution in [0.15, 0.2) is 53.4 Å². The number of sulfonamides is 1. The monoisotopic (exact) mass is 361 g/mol. The number of para-hydroxylation sites is 2. The topological polar surface area (TPSA) is 83.9 Å². The van der Waals surface area contributed by atoms with E-state index in [2.05, 4.69) is 6.92 Å². The van der Waals surface area contributed by atoms with Gasteiger partial charge < -0.3 is 9.84 Å². The number of benzene rings is 2. The highest BCUT2D eigenvalue weighted by molar-refractivity contribution is 7.92. The third-order valence-corrected chi connectivity index (χ3v) is 5.85. The number of aryl methyl sites for hydroxylation is 1. The zero-order valence-electron chi connectivity index (χ0n) is 13.8. The van der Waals surface area contributed by atoms with Gasteiger partial charge in [0.15, 0.2) is 0 Å². The molecule has 0 bridgehead atoms. The van der Waals surface area contributed by atoms with E-state index < -0.39 is 22.1 Å². The second kappa shape index (κ2) is 6.76. The molecule has 2 aromatic carbocycles. The summed E-state index contributed by atoms with van der Waals surface area (Å²) in [4.78, 5) is 11.5. The molecule has 7 heteroatoms. The minimum absolute atomic E-state index is 0.133. The summed E-state index contributed by atoms with van der Waals surface area (Å²) in [5.41, 5.74) is 1.41. The van der Waals surface area contributed by atoms with Gasteiger partial charge in [-0.1, -0.05) is 37.6 Å². The Labute approximate surface area is 146 Å². The van der Waals surface area contributed by atoms with Gasteiger partial charge in [0.25, 0.3) is 10.0 Å². The fourth-order valence-electron chi connectivity index (χ4n) is 2.80. The van der Waals surface area contributed by atoms with Crippen LogP contribution in [0.4, 0.5) is 5.69 Å². The first-order valence-corrected chi connectivity index (χ1v) is 9.47. The van der Waals surface area contributed by atoms with Gasteiger partial charge in [-0.2, -0.15) is 0 Å². The third kappa shape index (κ3) is 3.32. The smallest absolute Gasteiger partial charge is 0.346 e. The van der Waals surface area contributed by atoms with Crippen molar-refractivity contribution in [3.8, 4) is 5.75 Å². The Morgan fingerprint density at radius 1 is 1.20 bits per heavy atom. The van der Waals surface area contributed by atoms with E-state index in [1.54, 1.807) is 48.5 Å². The predicted molar refractivity (Wildman–Crippen MR) is 93.5 cm³/mol. The van der Waals surface area contributed by atoms with E-state index >= 15 is 0 Å². The van der Waals surface area contributed by atoms with Crippen molar-refractivity contribution >= 4 is 21.7 Å². The first kappa shape index (κ1) is 17.3. The summed E-state index contributed by atoms with van der Waals surface area (Å²) in [6.45, 7) is 1.78. The molecular weight excluding hydrogens is 342 g/mol. The number of carboxylic acid groups (broad SMARTS) is 1. The fourth-order valence-corrected chi connectivity index (χ4v) is 4.28. The van der Waals surface area contributed by atoms with Gasteiger partial charge >= 0.3 is 5.97 Å². The maximum absolute atomic E-state index is 13.1. The van der Waals surface area contributed by atoms with Crippen LogP contribution >= 0.6 is 0 Å². The highest BCUT2D eigenvalue weighted by Crippen LogP contribution is 2.36. The molecule has 0 spiro atoms. The van der Waals surface area contributed by atoms with Gasteiger partial charge in [0, 0.05) is 0 Å². The molecule has 1 unspecified atom stereocenters. The lowest BCUT2D eigenvalue weighted by Crippen LogP contribution is -2.47. The molecule has 0 saturated carbocycles. The van der Waals surface area contributed by atoms with Crippen molar-refractivity contribution < 1.29 is 23.1 Å². The standard InChI is InChI=1S/C18H19NO5S/c1-2-5-13-8-10-14(11-9-13)25(22,23)19-12-17(18(20)21)24-16-7-4-3-6-15(16)19/h3-4,6-11,17H,2,5,12H2,1H3,(H,20,21). The normalized spacial score (nSPS) is 16.8. The third-order valence-electron chi connectivity index (χ3n) is 4.06. The molecule has 0 aliphatic carbocycles. The van der Waals surface area contributed by atoms with Gasteiger partial charge in [-0.05, 0) is 36.2 Å². The molecule has 0 fully saturated rings. The lowest BCUT2D eigenvalue weighted by Gasteiger charge is -2.33. The number of nitrogens with zero attached hydrogens (tertiary/aromatic N) is 1. The first-order chi connectivity index (χ1) is 11.9. The van der Waals surface area contributed by atoms with Gasteiger partial charge in [-0.15, -0.1) is 0 Å². The van der Waals surface area contributed by atoms with Crippen LogP contribution in [0.1, 0.15) is 18.9 Å². The second-order valence-electron chi connectivity index (χ2n) is 5.84. The summed E-state index contributed by atoms with van der Waals surface area (Å²) < 4.78 is 32.6. The van der Waals surface area contributed by atoms with E-state index in [0.29, 0.717) is 5.69 Å². The van der Waals surface area contributed by atoms with Crippen molar-refractivity contribution in [3.63, 3.8) is 0 Å². The lowest BCUT2D eigenvalue weighted by molar-refractivity contribution is -0.144. The Morgan fingerprint density at radius 2 is 1.88 bits per heavy atom. The number of anilines is 1. The van der Waals surface area contributed by atoms with Gasteiger partial charge in [-0.3, -0.25) is 4.31 Å². The largest absolute Gasteiger partial charge is 0.478 e. The van der Waals surface area contributed by atoms with E-state index in [1.807, 2.05) is 0 Å². The summed E-state index contributed by atoms with van der Waals surface area (Å²) in [6, 6.07) is 13.2. The maximum Gasteiger partial charge on any atom is 0.346 e. The number of fused-ring (bicyclic) bond motifs is 1. The summed E-state index contributed by atoms with van der Waals surface area (Å²) in [6.07, 6.45) is 0.606. The van der Waals surface area contributed by atoms with Crippen LogP contribution in [0.3, 0.4) is 0 Å². The number of ether oxygens (including phenoxy) is 1. The summed E-state index contributed by atoms with van der Waals surface area (Å²) in [7, 11) is -3.88. The molecule has 0 saturated heterocycles. The first-order valence-electron chi connectivity index (χ1n) is 8.03. The Kier molecular flexibility index (Phi) is 4.67. The van der Waals surface area contributed by atoms with Gasteiger partial charge in [-0.25, -0.2) is 13.2 Å². The molecule has 3 rings (SSSR count). The van der Waals surface area contributed by atoms with E-state index in [-0.39, 0.29) is 17.2 Å². The minimum Gasteiger partial charge on any atom is -0.478 e. The maximum atomic E-state index is 13.1. The summed E-state index contributed by atoms with van der Waals surface area (Å²) >= 11 is 0. The van der Waals surface area contributed by atoms with Crippen molar-refractivity contribution in [3.05, 3.63) is 54.1 Å². The van der Waals surface area contributed by atoms with Crippen molar-refractivity contribution in [2.75, 3.05) is 10.8 Å². The van der Waals surface area contributed by atoms with Crippen LogP contribution < -0.4 is 9.04 Å². The SMILES string of the molecule is CCCc1ccc(S(=O)(=O)N2CC(C(=O)O)Oc3ccccc32)cc1. The minimum atomic E-state index is -3.88. The summed E-state index contributed by atoms with van der Waals surface area (Å²) in [5.74, 6) is -0.958. The zero-order chi connectivity index (χ0) is 18.0. The van der Waals surface area contributed by atoms with Crippen LogP contribution in [0.25, 0.3) is 0 Å². The summed E-state index contributed by atoms with van der Waals surface area (Å²) in [5, 5.41) is 9.27. The molecule has 2 aromatic rings. The molecule has 0 radical (unpaired) electrons. The van der Waals surface area contributed by atoms with E-state index in [4.69, 9.17) is 4.74 Å².